The van der Waals surface area contributed by atoms with Gasteiger partial charge in [0.2, 0.25) is 0 Å². The fourth-order valence-electron chi connectivity index (χ4n) is 1.30. The molecule has 0 aromatic heterocycles. The second-order valence-corrected chi connectivity index (χ2v) is 4.08. The van der Waals surface area contributed by atoms with E-state index in [0.29, 0.717) is 13.2 Å². The van der Waals surface area contributed by atoms with Gasteiger partial charge in [-0.05, 0) is 38.7 Å². The highest BCUT2D eigenvalue weighted by atomic mass is 17.2. The van der Waals surface area contributed by atoms with Crippen molar-refractivity contribution >= 4 is 0 Å². The van der Waals surface area contributed by atoms with E-state index in [9.17, 15) is 5.11 Å². The summed E-state index contributed by atoms with van der Waals surface area (Å²) < 4.78 is 0. The molecule has 1 rings (SSSR count). The topological polar surface area (TPSA) is 38.7 Å². The van der Waals surface area contributed by atoms with Gasteiger partial charge in [0.15, 0.2) is 0 Å². The Labute approximate surface area is 79.3 Å². The first-order valence-electron chi connectivity index (χ1n) is 4.73. The fraction of sp³-hybridized carbons (Fsp3) is 0.800. The third-order valence-electron chi connectivity index (χ3n) is 2.05. The van der Waals surface area contributed by atoms with Crippen molar-refractivity contribution in [3.8, 4) is 0 Å². The zero-order chi connectivity index (χ0) is 9.73. The molecule has 0 bridgehead atoms. The molecule has 0 spiro atoms. The highest BCUT2D eigenvalue weighted by Gasteiger charge is 2.12. The lowest BCUT2D eigenvalue weighted by atomic mass is 9.99. The molecule has 3 nitrogen and oxygen atoms in total. The van der Waals surface area contributed by atoms with Gasteiger partial charge in [0.25, 0.3) is 0 Å². The van der Waals surface area contributed by atoms with Gasteiger partial charge in [0.05, 0.1) is 5.60 Å². The van der Waals surface area contributed by atoms with Crippen molar-refractivity contribution in [3.05, 3.63) is 11.6 Å². The molecular weight excluding hydrogens is 168 g/mol. The minimum atomic E-state index is -0.549. The fourth-order valence-corrected chi connectivity index (χ4v) is 1.30. The molecule has 0 amide bonds. The molecular formula is C10H18O3. The summed E-state index contributed by atoms with van der Waals surface area (Å²) in [5.41, 5.74) is 0.725. The van der Waals surface area contributed by atoms with E-state index in [-0.39, 0.29) is 0 Å². The van der Waals surface area contributed by atoms with Crippen LogP contribution in [0.15, 0.2) is 11.6 Å². The predicted molar refractivity (Wildman–Crippen MR) is 50.1 cm³/mol. The largest absolute Gasteiger partial charge is 0.390 e. The van der Waals surface area contributed by atoms with Crippen LogP contribution in [0.4, 0.5) is 0 Å². The highest BCUT2D eigenvalue weighted by Crippen LogP contribution is 2.17. The van der Waals surface area contributed by atoms with E-state index in [4.69, 9.17) is 9.78 Å². The Morgan fingerprint density at radius 3 is 2.77 bits per heavy atom. The third-order valence-corrected chi connectivity index (χ3v) is 2.05. The van der Waals surface area contributed by atoms with Crippen molar-refractivity contribution in [2.75, 3.05) is 13.2 Å². The number of aliphatic hydroxyl groups is 1. The molecule has 1 heterocycles. The minimum Gasteiger partial charge on any atom is -0.390 e. The van der Waals surface area contributed by atoms with Crippen molar-refractivity contribution < 1.29 is 14.9 Å². The Balaban J connectivity index is 2.15. The lowest BCUT2D eigenvalue weighted by Gasteiger charge is -2.18. The van der Waals surface area contributed by atoms with Crippen LogP contribution >= 0.6 is 0 Å². The van der Waals surface area contributed by atoms with Crippen molar-refractivity contribution in [1.29, 1.82) is 0 Å². The quantitative estimate of drug-likeness (QED) is 0.537. The predicted octanol–water partition coefficient (Wildman–Crippen LogP) is 1.82. The molecule has 0 saturated heterocycles. The highest BCUT2D eigenvalue weighted by molar-refractivity contribution is 5.03. The monoisotopic (exact) mass is 186 g/mol. The number of hydrogen-bond acceptors (Lipinski definition) is 3. The van der Waals surface area contributed by atoms with Crippen LogP contribution < -0.4 is 0 Å². The molecule has 0 atom stereocenters. The van der Waals surface area contributed by atoms with Gasteiger partial charge >= 0.3 is 0 Å². The van der Waals surface area contributed by atoms with Crippen LogP contribution in [-0.4, -0.2) is 23.9 Å². The Bertz CT molecular complexity index is 179. The third kappa shape index (κ3) is 5.03. The van der Waals surface area contributed by atoms with Crippen LogP contribution in [0.2, 0.25) is 0 Å². The van der Waals surface area contributed by atoms with Gasteiger partial charge in [-0.2, -0.15) is 0 Å². The van der Waals surface area contributed by atoms with Crippen molar-refractivity contribution in [2.45, 2.75) is 38.7 Å². The molecule has 1 aliphatic rings. The molecule has 13 heavy (non-hydrogen) atoms. The number of rotatable bonds is 4. The molecule has 0 radical (unpaired) electrons. The van der Waals surface area contributed by atoms with Crippen LogP contribution in [0.25, 0.3) is 0 Å². The van der Waals surface area contributed by atoms with E-state index in [0.717, 1.165) is 19.3 Å². The van der Waals surface area contributed by atoms with Gasteiger partial charge < -0.3 is 5.11 Å². The first kappa shape index (κ1) is 10.7. The molecule has 0 aromatic carbocycles. The van der Waals surface area contributed by atoms with E-state index in [1.165, 1.54) is 5.57 Å². The maximum absolute atomic E-state index is 9.47. The summed E-state index contributed by atoms with van der Waals surface area (Å²) in [4.78, 5) is 9.56. The average Bonchev–Trinajstić information content (AvgIpc) is 2.04. The summed E-state index contributed by atoms with van der Waals surface area (Å²) in [5, 5.41) is 9.47. The maximum atomic E-state index is 9.47. The zero-order valence-corrected chi connectivity index (χ0v) is 8.38. The van der Waals surface area contributed by atoms with Gasteiger partial charge in [-0.25, -0.2) is 9.78 Å². The summed E-state index contributed by atoms with van der Waals surface area (Å²) in [7, 11) is 0. The smallest absolute Gasteiger partial charge is 0.103 e. The second kappa shape index (κ2) is 4.74. The second-order valence-electron chi connectivity index (χ2n) is 4.08. The average molecular weight is 186 g/mol. The molecule has 3 heteroatoms. The molecule has 0 aliphatic carbocycles. The first-order chi connectivity index (χ1) is 6.08. The molecule has 76 valence electrons. The maximum Gasteiger partial charge on any atom is 0.103 e. The van der Waals surface area contributed by atoms with Crippen molar-refractivity contribution in [3.63, 3.8) is 0 Å². The molecule has 0 unspecified atom stereocenters. The van der Waals surface area contributed by atoms with E-state index < -0.39 is 5.60 Å². The van der Waals surface area contributed by atoms with Crippen LogP contribution in [0.1, 0.15) is 33.1 Å². The molecule has 0 fully saturated rings. The summed E-state index contributed by atoms with van der Waals surface area (Å²) in [6.07, 6.45) is 4.87. The van der Waals surface area contributed by atoms with E-state index in [2.05, 4.69) is 0 Å². The summed E-state index contributed by atoms with van der Waals surface area (Å²) in [6, 6.07) is 0. The molecule has 0 aromatic rings. The van der Waals surface area contributed by atoms with Gasteiger partial charge in [-0.1, -0.05) is 6.08 Å². The van der Waals surface area contributed by atoms with Crippen LogP contribution in [-0.2, 0) is 9.78 Å². The summed E-state index contributed by atoms with van der Waals surface area (Å²) in [5.74, 6) is 0. The number of hydrogen-bond donors (Lipinski definition) is 1. The Morgan fingerprint density at radius 2 is 2.23 bits per heavy atom. The zero-order valence-electron chi connectivity index (χ0n) is 8.38. The Kier molecular flexibility index (Phi) is 3.90. The van der Waals surface area contributed by atoms with E-state index in [1.54, 1.807) is 0 Å². The standard InChI is InChI=1S/C10H18O3/c1-10(2,11)6-3-4-9-5-7-12-13-8-9/h5,11H,3-4,6-8H2,1-2H3. The normalized spacial score (nSPS) is 18.5. The van der Waals surface area contributed by atoms with Gasteiger partial charge in [-0.3, -0.25) is 0 Å². The Hall–Kier alpha value is -0.380. The SMILES string of the molecule is CC(C)(O)CCCC1=CCOOC1. The van der Waals surface area contributed by atoms with Crippen molar-refractivity contribution in [1.82, 2.24) is 0 Å². The van der Waals surface area contributed by atoms with Crippen molar-refractivity contribution in [2.24, 2.45) is 0 Å². The van der Waals surface area contributed by atoms with Gasteiger partial charge in [-0.15, -0.1) is 0 Å². The van der Waals surface area contributed by atoms with Gasteiger partial charge in [0.1, 0.15) is 13.2 Å². The van der Waals surface area contributed by atoms with Crippen LogP contribution in [0.5, 0.6) is 0 Å². The minimum absolute atomic E-state index is 0.549. The lowest BCUT2D eigenvalue weighted by Crippen LogP contribution is -2.18. The Morgan fingerprint density at radius 1 is 1.46 bits per heavy atom. The lowest BCUT2D eigenvalue weighted by molar-refractivity contribution is -0.286. The summed E-state index contributed by atoms with van der Waals surface area (Å²) in [6.45, 7) is 4.80. The first-order valence-corrected chi connectivity index (χ1v) is 4.73. The van der Waals surface area contributed by atoms with Gasteiger partial charge in [0, 0.05) is 0 Å². The summed E-state index contributed by atoms with van der Waals surface area (Å²) >= 11 is 0. The van der Waals surface area contributed by atoms with E-state index >= 15 is 0 Å². The van der Waals surface area contributed by atoms with E-state index in [1.807, 2.05) is 19.9 Å². The van der Waals surface area contributed by atoms with Crippen LogP contribution in [0, 0.1) is 0 Å². The molecule has 0 saturated carbocycles. The van der Waals surface area contributed by atoms with Crippen LogP contribution in [0.3, 0.4) is 0 Å². The molecule has 1 aliphatic heterocycles. The molecule has 1 N–H and O–H groups in total.